The van der Waals surface area contributed by atoms with E-state index in [1.165, 1.54) is 6.08 Å². The number of amides is 1. The first-order valence-corrected chi connectivity index (χ1v) is 6.08. The molecule has 0 atom stereocenters. The van der Waals surface area contributed by atoms with Gasteiger partial charge < -0.3 is 9.84 Å². The van der Waals surface area contributed by atoms with E-state index >= 15 is 0 Å². The van der Waals surface area contributed by atoms with Gasteiger partial charge in [0, 0.05) is 11.3 Å². The lowest BCUT2D eigenvalue weighted by molar-refractivity contribution is -0.104. The lowest BCUT2D eigenvalue weighted by Crippen LogP contribution is -2.14. The fourth-order valence-corrected chi connectivity index (χ4v) is 1.71. The zero-order valence-electron chi connectivity index (χ0n) is 11.2. The molecule has 0 saturated heterocycles. The SMILES string of the molecule is Cc1onc(C(=O)Nc2ccccc2/C=C/C=O)c1C. The fraction of sp³-hybridized carbons (Fsp3) is 0.133. The van der Waals surface area contributed by atoms with Crippen molar-refractivity contribution in [2.24, 2.45) is 0 Å². The van der Waals surface area contributed by atoms with Crippen LogP contribution in [0.5, 0.6) is 0 Å². The Hall–Kier alpha value is -2.69. The molecule has 2 rings (SSSR count). The number of hydrogen-bond acceptors (Lipinski definition) is 4. The van der Waals surface area contributed by atoms with E-state index in [1.807, 2.05) is 6.07 Å². The van der Waals surface area contributed by atoms with E-state index < -0.39 is 0 Å². The molecular weight excluding hydrogens is 256 g/mol. The number of carbonyl (C=O) groups is 2. The zero-order chi connectivity index (χ0) is 14.5. The van der Waals surface area contributed by atoms with E-state index in [4.69, 9.17) is 4.52 Å². The van der Waals surface area contributed by atoms with E-state index in [0.29, 0.717) is 23.3 Å². The van der Waals surface area contributed by atoms with E-state index in [0.717, 1.165) is 5.56 Å². The number of carbonyl (C=O) groups excluding carboxylic acids is 2. The molecule has 20 heavy (non-hydrogen) atoms. The Morgan fingerprint density at radius 3 is 2.70 bits per heavy atom. The van der Waals surface area contributed by atoms with Crippen molar-refractivity contribution in [2.45, 2.75) is 13.8 Å². The number of aldehydes is 1. The second-order valence-electron chi connectivity index (χ2n) is 4.25. The van der Waals surface area contributed by atoms with Gasteiger partial charge in [-0.15, -0.1) is 0 Å². The number of aryl methyl sites for hydroxylation is 1. The predicted molar refractivity (Wildman–Crippen MR) is 75.5 cm³/mol. The van der Waals surface area contributed by atoms with Crippen LogP contribution in [0.4, 0.5) is 5.69 Å². The Balaban J connectivity index is 2.26. The summed E-state index contributed by atoms with van der Waals surface area (Å²) in [6, 6.07) is 7.18. The van der Waals surface area contributed by atoms with E-state index in [-0.39, 0.29) is 11.6 Å². The van der Waals surface area contributed by atoms with Crippen LogP contribution < -0.4 is 5.32 Å². The van der Waals surface area contributed by atoms with E-state index in [9.17, 15) is 9.59 Å². The summed E-state index contributed by atoms with van der Waals surface area (Å²) >= 11 is 0. The first-order chi connectivity index (χ1) is 9.63. The van der Waals surface area contributed by atoms with Crippen LogP contribution in [0, 0.1) is 13.8 Å². The van der Waals surface area contributed by atoms with Gasteiger partial charge in [-0.1, -0.05) is 23.4 Å². The monoisotopic (exact) mass is 270 g/mol. The first kappa shape index (κ1) is 13.7. The number of anilines is 1. The number of nitrogens with zero attached hydrogens (tertiary/aromatic N) is 1. The number of hydrogen-bond donors (Lipinski definition) is 1. The van der Waals surface area contributed by atoms with E-state index in [1.54, 1.807) is 38.1 Å². The van der Waals surface area contributed by atoms with Gasteiger partial charge in [0.1, 0.15) is 12.0 Å². The molecule has 1 amide bonds. The van der Waals surface area contributed by atoms with Gasteiger partial charge in [0.25, 0.3) is 5.91 Å². The number of benzene rings is 1. The molecule has 2 aromatic rings. The molecular formula is C15H14N2O3. The maximum atomic E-state index is 12.1. The Morgan fingerprint density at radius 1 is 1.30 bits per heavy atom. The highest BCUT2D eigenvalue weighted by Gasteiger charge is 2.17. The molecule has 0 aliphatic rings. The summed E-state index contributed by atoms with van der Waals surface area (Å²) in [5.41, 5.74) is 2.32. The van der Waals surface area contributed by atoms with Crippen molar-refractivity contribution in [2.75, 3.05) is 5.32 Å². The molecule has 0 radical (unpaired) electrons. The van der Waals surface area contributed by atoms with Crippen molar-refractivity contribution in [1.82, 2.24) is 5.16 Å². The van der Waals surface area contributed by atoms with Gasteiger partial charge in [0.05, 0.1) is 0 Å². The minimum Gasteiger partial charge on any atom is -0.361 e. The molecule has 0 spiro atoms. The van der Waals surface area contributed by atoms with E-state index in [2.05, 4.69) is 10.5 Å². The molecule has 1 heterocycles. The summed E-state index contributed by atoms with van der Waals surface area (Å²) in [6.07, 6.45) is 3.68. The number of aromatic nitrogens is 1. The van der Waals surface area contributed by atoms with Crippen molar-refractivity contribution in [3.05, 3.63) is 52.9 Å². The number of allylic oxidation sites excluding steroid dienone is 1. The average Bonchev–Trinajstić information content (AvgIpc) is 2.78. The molecule has 1 N–H and O–H groups in total. The van der Waals surface area contributed by atoms with Crippen LogP contribution in [0.15, 0.2) is 34.9 Å². The summed E-state index contributed by atoms with van der Waals surface area (Å²) in [5, 5.41) is 6.50. The largest absolute Gasteiger partial charge is 0.361 e. The zero-order valence-corrected chi connectivity index (χ0v) is 11.2. The molecule has 0 fully saturated rings. The van der Waals surface area contributed by atoms with Crippen LogP contribution >= 0.6 is 0 Å². The number of para-hydroxylation sites is 1. The Labute approximate surface area is 116 Å². The minimum absolute atomic E-state index is 0.261. The minimum atomic E-state index is -0.341. The van der Waals surface area contributed by atoms with Crippen molar-refractivity contribution in [1.29, 1.82) is 0 Å². The molecule has 0 aliphatic heterocycles. The molecule has 0 aliphatic carbocycles. The lowest BCUT2D eigenvalue weighted by atomic mass is 10.1. The van der Waals surface area contributed by atoms with Crippen LogP contribution in [-0.4, -0.2) is 17.4 Å². The molecule has 1 aromatic heterocycles. The molecule has 0 bridgehead atoms. The fourth-order valence-electron chi connectivity index (χ4n) is 1.71. The summed E-state index contributed by atoms with van der Waals surface area (Å²) < 4.78 is 4.98. The predicted octanol–water partition coefficient (Wildman–Crippen LogP) is 2.76. The summed E-state index contributed by atoms with van der Waals surface area (Å²) in [4.78, 5) is 22.5. The van der Waals surface area contributed by atoms with Crippen molar-refractivity contribution in [3.8, 4) is 0 Å². The van der Waals surface area contributed by atoms with Crippen LogP contribution in [0.3, 0.4) is 0 Å². The molecule has 102 valence electrons. The van der Waals surface area contributed by atoms with Crippen molar-refractivity contribution >= 4 is 24.0 Å². The van der Waals surface area contributed by atoms with Crippen molar-refractivity contribution < 1.29 is 14.1 Å². The third kappa shape index (κ3) is 2.83. The first-order valence-electron chi connectivity index (χ1n) is 6.08. The smallest absolute Gasteiger partial charge is 0.278 e. The topological polar surface area (TPSA) is 72.2 Å². The summed E-state index contributed by atoms with van der Waals surface area (Å²) in [5.74, 6) is 0.274. The third-order valence-electron chi connectivity index (χ3n) is 2.94. The second kappa shape index (κ2) is 5.97. The normalized spacial score (nSPS) is 10.7. The lowest BCUT2D eigenvalue weighted by Gasteiger charge is -2.07. The standard InChI is InChI=1S/C15H14N2O3/c1-10-11(2)20-17-14(10)15(19)16-13-8-4-3-6-12(13)7-5-9-18/h3-9H,1-2H3,(H,16,19)/b7-5+. The van der Waals surface area contributed by atoms with Crippen LogP contribution in [-0.2, 0) is 4.79 Å². The maximum absolute atomic E-state index is 12.1. The van der Waals surface area contributed by atoms with Gasteiger partial charge in [-0.05, 0) is 37.6 Å². The van der Waals surface area contributed by atoms with Crippen molar-refractivity contribution in [3.63, 3.8) is 0 Å². The van der Waals surface area contributed by atoms with Gasteiger partial charge in [0.2, 0.25) is 0 Å². The average molecular weight is 270 g/mol. The van der Waals surface area contributed by atoms with Crippen LogP contribution in [0.2, 0.25) is 0 Å². The maximum Gasteiger partial charge on any atom is 0.278 e. The molecule has 5 nitrogen and oxygen atoms in total. The molecule has 5 heteroatoms. The third-order valence-corrected chi connectivity index (χ3v) is 2.94. The van der Waals surface area contributed by atoms with Gasteiger partial charge in [-0.3, -0.25) is 9.59 Å². The van der Waals surface area contributed by atoms with Gasteiger partial charge in [-0.25, -0.2) is 0 Å². The van der Waals surface area contributed by atoms with Gasteiger partial charge >= 0.3 is 0 Å². The molecule has 0 unspecified atom stereocenters. The highest BCUT2D eigenvalue weighted by atomic mass is 16.5. The quantitative estimate of drug-likeness (QED) is 0.685. The molecule has 1 aromatic carbocycles. The van der Waals surface area contributed by atoms with Gasteiger partial charge in [0.15, 0.2) is 5.69 Å². The Morgan fingerprint density at radius 2 is 2.05 bits per heavy atom. The number of rotatable bonds is 4. The highest BCUT2D eigenvalue weighted by Crippen LogP contribution is 2.19. The second-order valence-corrected chi connectivity index (χ2v) is 4.25. The molecule has 0 saturated carbocycles. The summed E-state index contributed by atoms with van der Waals surface area (Å²) in [7, 11) is 0. The Kier molecular flexibility index (Phi) is 4.10. The number of nitrogens with one attached hydrogen (secondary N) is 1. The highest BCUT2D eigenvalue weighted by molar-refractivity contribution is 6.05. The Bertz CT molecular complexity index is 672. The van der Waals surface area contributed by atoms with Crippen LogP contribution in [0.1, 0.15) is 27.4 Å². The summed E-state index contributed by atoms with van der Waals surface area (Å²) in [6.45, 7) is 3.53. The van der Waals surface area contributed by atoms with Crippen LogP contribution in [0.25, 0.3) is 6.08 Å². The van der Waals surface area contributed by atoms with Gasteiger partial charge in [-0.2, -0.15) is 0 Å².